The van der Waals surface area contributed by atoms with Gasteiger partial charge in [0.1, 0.15) is 5.56 Å². The van der Waals surface area contributed by atoms with Crippen LogP contribution in [0.4, 0.5) is 21.0 Å². The van der Waals surface area contributed by atoms with E-state index in [1.165, 1.54) is 19.1 Å². The lowest BCUT2D eigenvalue weighted by Crippen LogP contribution is -2.08. The maximum Gasteiger partial charge on any atom is 0.516 e. The molecule has 1 aromatic rings. The van der Waals surface area contributed by atoms with Crippen molar-refractivity contribution in [3.63, 3.8) is 0 Å². The molecule has 0 aromatic heterocycles. The number of carbonyl (C=O) groups excluding carboxylic acids is 1. The van der Waals surface area contributed by atoms with Crippen molar-refractivity contribution in [3.05, 3.63) is 33.4 Å². The second kappa shape index (κ2) is 8.04. The summed E-state index contributed by atoms with van der Waals surface area (Å²) in [5.74, 6) is -0.767. The van der Waals surface area contributed by atoms with Gasteiger partial charge in [0, 0.05) is 11.3 Å². The summed E-state index contributed by atoms with van der Waals surface area (Å²) >= 11 is 0. The van der Waals surface area contributed by atoms with Crippen molar-refractivity contribution in [1.29, 1.82) is 0 Å². The van der Waals surface area contributed by atoms with Crippen molar-refractivity contribution in [1.82, 2.24) is 0 Å². The third kappa shape index (κ3) is 5.73. The number of rotatable bonds is 2. The largest absolute Gasteiger partial charge is 0.516 e. The van der Waals surface area contributed by atoms with E-state index in [4.69, 9.17) is 15.9 Å². The number of methoxy groups -OCH3 is 1. The van der Waals surface area contributed by atoms with Crippen LogP contribution in [-0.2, 0) is 9.47 Å². The average molecular weight is 316 g/mol. The number of esters is 1. The molecule has 0 unspecified atom stereocenters. The summed E-state index contributed by atoms with van der Waals surface area (Å²) in [4.78, 5) is 39.8. The van der Waals surface area contributed by atoms with Gasteiger partial charge in [0.15, 0.2) is 0 Å². The number of benzene rings is 1. The average Bonchev–Trinajstić information content (AvgIpc) is 2.35. The number of nitrogen functional groups attached to an aromatic ring is 1. The molecule has 120 valence electrons. The third-order valence-electron chi connectivity index (χ3n) is 2.09. The Morgan fingerprint density at radius 1 is 1.23 bits per heavy atom. The summed E-state index contributed by atoms with van der Waals surface area (Å²) in [5, 5.41) is 25.7. The summed E-state index contributed by atoms with van der Waals surface area (Å²) in [6.45, 7) is 1.51. The summed E-state index contributed by atoms with van der Waals surface area (Å²) in [6.07, 6.45) is -3.62. The van der Waals surface area contributed by atoms with E-state index in [9.17, 15) is 24.5 Å². The quantitative estimate of drug-likeness (QED) is 0.238. The molecule has 0 bridgehead atoms. The minimum atomic E-state index is -1.81. The number of ether oxygens (including phenoxy) is 2. The number of hydrogen-bond acceptors (Lipinski definition) is 8. The number of nitrogens with zero attached hydrogens (tertiary/aromatic N) is 1. The Kier molecular flexibility index (Phi) is 6.81. The van der Waals surface area contributed by atoms with E-state index >= 15 is 0 Å². The molecule has 0 radical (unpaired) electrons. The van der Waals surface area contributed by atoms with Gasteiger partial charge < -0.3 is 25.4 Å². The Morgan fingerprint density at radius 2 is 1.73 bits per heavy atom. The number of carbonyl (C=O) groups is 3. The Labute approximate surface area is 123 Å². The van der Waals surface area contributed by atoms with Crippen molar-refractivity contribution < 1.29 is 39.0 Å². The Bertz CT molecular complexity index is 600. The number of aryl methyl sites for hydroxylation is 1. The number of nitrogens with two attached hydrogens (primary N) is 1. The fraction of sp³-hybridized carbons (Fsp3) is 0.182. The van der Waals surface area contributed by atoms with Gasteiger partial charge in [-0.1, -0.05) is 0 Å². The van der Waals surface area contributed by atoms with Gasteiger partial charge in [0.05, 0.1) is 12.0 Å². The summed E-state index contributed by atoms with van der Waals surface area (Å²) in [6, 6.07) is 2.67. The smallest absolute Gasteiger partial charge is 0.465 e. The van der Waals surface area contributed by atoms with Crippen LogP contribution in [0.3, 0.4) is 0 Å². The second-order valence-corrected chi connectivity index (χ2v) is 3.62. The highest BCUT2D eigenvalue weighted by Crippen LogP contribution is 2.26. The topological polar surface area (TPSA) is 179 Å². The second-order valence-electron chi connectivity index (χ2n) is 3.62. The zero-order chi connectivity index (χ0) is 17.4. The van der Waals surface area contributed by atoms with Gasteiger partial charge in [-0.3, -0.25) is 10.1 Å². The number of anilines is 1. The van der Waals surface area contributed by atoms with Crippen LogP contribution < -0.4 is 5.73 Å². The van der Waals surface area contributed by atoms with Crippen LogP contribution in [-0.4, -0.2) is 40.5 Å². The predicted octanol–water partition coefficient (Wildman–Crippen LogP) is 1.63. The van der Waals surface area contributed by atoms with Crippen LogP contribution in [0.15, 0.2) is 12.1 Å². The zero-order valence-corrected chi connectivity index (χ0v) is 11.4. The first-order valence-electron chi connectivity index (χ1n) is 5.36. The standard InChI is InChI=1S/C9H10N2O4.C2H2O5/c1-5-3-6(10)4-7(9(12)15-2)8(5)11(13)14;3-1(4)7-2(5)6/h3-4H,10H2,1-2H3;(H,3,4)(H,5,6). The lowest BCUT2D eigenvalue weighted by atomic mass is 10.1. The lowest BCUT2D eigenvalue weighted by Gasteiger charge is -2.04. The number of nitro groups is 1. The van der Waals surface area contributed by atoms with E-state index in [1.807, 2.05) is 0 Å². The van der Waals surface area contributed by atoms with Crippen LogP contribution in [0.1, 0.15) is 15.9 Å². The van der Waals surface area contributed by atoms with E-state index in [0.29, 0.717) is 11.3 Å². The molecule has 0 saturated carbocycles. The molecular formula is C11H12N2O9. The van der Waals surface area contributed by atoms with Crippen LogP contribution in [0.5, 0.6) is 0 Å². The summed E-state index contributed by atoms with van der Waals surface area (Å²) in [5.41, 5.74) is 5.72. The molecule has 11 nitrogen and oxygen atoms in total. The van der Waals surface area contributed by atoms with Crippen molar-refractivity contribution in [2.75, 3.05) is 12.8 Å². The molecule has 4 N–H and O–H groups in total. The van der Waals surface area contributed by atoms with Crippen molar-refractivity contribution in [3.8, 4) is 0 Å². The van der Waals surface area contributed by atoms with Crippen LogP contribution in [0.2, 0.25) is 0 Å². The maximum absolute atomic E-state index is 11.3. The molecule has 0 saturated heterocycles. The highest BCUT2D eigenvalue weighted by Gasteiger charge is 2.23. The van der Waals surface area contributed by atoms with Gasteiger partial charge in [0.2, 0.25) is 0 Å². The first kappa shape index (κ1) is 18.6. The third-order valence-corrected chi connectivity index (χ3v) is 2.09. The van der Waals surface area contributed by atoms with Gasteiger partial charge in [-0.15, -0.1) is 0 Å². The Hall–Kier alpha value is -3.37. The molecule has 0 atom stereocenters. The first-order valence-corrected chi connectivity index (χ1v) is 5.36. The fourth-order valence-corrected chi connectivity index (χ4v) is 1.39. The van der Waals surface area contributed by atoms with Crippen molar-refractivity contribution >= 4 is 29.7 Å². The van der Waals surface area contributed by atoms with Crippen LogP contribution in [0, 0.1) is 17.0 Å². The minimum Gasteiger partial charge on any atom is -0.465 e. The van der Waals surface area contributed by atoms with E-state index in [-0.39, 0.29) is 11.3 Å². The number of nitro benzene ring substituents is 1. The summed E-state index contributed by atoms with van der Waals surface area (Å²) < 4.78 is 7.52. The van der Waals surface area contributed by atoms with E-state index in [0.717, 1.165) is 7.11 Å². The molecule has 11 heteroatoms. The van der Waals surface area contributed by atoms with Crippen LogP contribution in [0.25, 0.3) is 0 Å². The lowest BCUT2D eigenvalue weighted by molar-refractivity contribution is -0.385. The predicted molar refractivity (Wildman–Crippen MR) is 70.7 cm³/mol. The van der Waals surface area contributed by atoms with Crippen molar-refractivity contribution in [2.24, 2.45) is 0 Å². The molecule has 0 fully saturated rings. The van der Waals surface area contributed by atoms with Gasteiger partial charge >= 0.3 is 18.3 Å². The Balaban J connectivity index is 0.000000534. The normalized spacial score (nSPS) is 9.00. The monoisotopic (exact) mass is 316 g/mol. The highest BCUT2D eigenvalue weighted by atomic mass is 16.7. The molecule has 0 aliphatic heterocycles. The molecule has 0 spiro atoms. The van der Waals surface area contributed by atoms with E-state index < -0.39 is 23.2 Å². The van der Waals surface area contributed by atoms with Crippen molar-refractivity contribution in [2.45, 2.75) is 6.92 Å². The minimum absolute atomic E-state index is 0.125. The molecule has 0 amide bonds. The molecular weight excluding hydrogens is 304 g/mol. The van der Waals surface area contributed by atoms with Gasteiger partial charge in [-0.05, 0) is 19.1 Å². The first-order chi connectivity index (χ1) is 10.1. The number of carboxylic acid groups (broad SMARTS) is 2. The molecule has 0 aliphatic rings. The molecule has 22 heavy (non-hydrogen) atoms. The van der Waals surface area contributed by atoms with Gasteiger partial charge in [0.25, 0.3) is 5.69 Å². The molecule has 1 aromatic carbocycles. The molecule has 0 aliphatic carbocycles. The van der Waals surface area contributed by atoms with Crippen LogP contribution >= 0.6 is 0 Å². The van der Waals surface area contributed by atoms with E-state index in [1.54, 1.807) is 0 Å². The zero-order valence-electron chi connectivity index (χ0n) is 11.4. The molecule has 0 heterocycles. The Morgan fingerprint density at radius 3 is 2.05 bits per heavy atom. The molecule has 1 rings (SSSR count). The van der Waals surface area contributed by atoms with Gasteiger partial charge in [-0.2, -0.15) is 0 Å². The fourth-order valence-electron chi connectivity index (χ4n) is 1.39. The van der Waals surface area contributed by atoms with Gasteiger partial charge in [-0.25, -0.2) is 14.4 Å². The maximum atomic E-state index is 11.3. The van der Waals surface area contributed by atoms with E-state index in [2.05, 4.69) is 9.47 Å². The highest BCUT2D eigenvalue weighted by molar-refractivity contribution is 5.95. The summed E-state index contributed by atoms with van der Waals surface area (Å²) in [7, 11) is 1.16. The SMILES string of the molecule is COC(=O)c1cc(N)cc(C)c1[N+](=O)[O-].O=C(O)OC(=O)O. The number of hydrogen-bond donors (Lipinski definition) is 3.